The summed E-state index contributed by atoms with van der Waals surface area (Å²) < 4.78 is 11.6. The molecule has 2 fully saturated rings. The normalized spacial score (nSPS) is 52.5. The molecule has 0 radical (unpaired) electrons. The van der Waals surface area contributed by atoms with Gasteiger partial charge in [-0.05, 0) is 19.3 Å². The molecule has 0 aromatic carbocycles. The van der Waals surface area contributed by atoms with Crippen LogP contribution in [0.15, 0.2) is 12.2 Å². The van der Waals surface area contributed by atoms with Gasteiger partial charge in [0.2, 0.25) is 0 Å². The van der Waals surface area contributed by atoms with Crippen LogP contribution in [-0.4, -0.2) is 24.9 Å². The van der Waals surface area contributed by atoms with E-state index in [1.165, 1.54) is 12.8 Å². The van der Waals surface area contributed by atoms with E-state index in [4.69, 9.17) is 9.47 Å². The lowest BCUT2D eigenvalue weighted by atomic mass is 9.71. The summed E-state index contributed by atoms with van der Waals surface area (Å²) in [5.74, 6) is 0. The third-order valence-electron chi connectivity index (χ3n) is 3.87. The first-order valence-electron chi connectivity index (χ1n) is 5.30. The topological polar surface area (TPSA) is 18.5 Å². The second-order valence-corrected chi connectivity index (χ2v) is 4.44. The van der Waals surface area contributed by atoms with E-state index >= 15 is 0 Å². The molecule has 0 aromatic heterocycles. The van der Waals surface area contributed by atoms with Crippen molar-refractivity contribution in [1.82, 2.24) is 0 Å². The van der Waals surface area contributed by atoms with Crippen molar-refractivity contribution in [2.75, 3.05) is 6.61 Å². The molecule has 3 heterocycles. The number of rotatable bonds is 1. The lowest BCUT2D eigenvalue weighted by molar-refractivity contribution is 0.0121. The second-order valence-electron chi connectivity index (χ2n) is 4.44. The molecule has 1 spiro atoms. The van der Waals surface area contributed by atoms with Crippen LogP contribution in [0.2, 0.25) is 0 Å². The fourth-order valence-corrected chi connectivity index (χ4v) is 3.24. The third kappa shape index (κ3) is 0.906. The first kappa shape index (κ1) is 8.01. The fraction of sp³-hybridized carbons (Fsp3) is 0.818. The predicted molar refractivity (Wildman–Crippen MR) is 49.5 cm³/mol. The lowest BCUT2D eigenvalue weighted by Gasteiger charge is -2.32. The molecule has 2 bridgehead atoms. The highest BCUT2D eigenvalue weighted by Gasteiger charge is 2.56. The first-order chi connectivity index (χ1) is 6.35. The SMILES string of the molecule is CCC1OCCC12CC1C=CC2O1. The zero-order valence-electron chi connectivity index (χ0n) is 8.03. The van der Waals surface area contributed by atoms with E-state index in [1.807, 2.05) is 0 Å². The van der Waals surface area contributed by atoms with Gasteiger partial charge in [0.1, 0.15) is 0 Å². The summed E-state index contributed by atoms with van der Waals surface area (Å²) in [6.45, 7) is 3.15. The number of hydrogen-bond acceptors (Lipinski definition) is 2. The van der Waals surface area contributed by atoms with E-state index in [2.05, 4.69) is 19.1 Å². The summed E-state index contributed by atoms with van der Waals surface area (Å²) in [7, 11) is 0. The monoisotopic (exact) mass is 180 g/mol. The fourth-order valence-electron chi connectivity index (χ4n) is 3.24. The number of hydrogen-bond donors (Lipinski definition) is 0. The van der Waals surface area contributed by atoms with Gasteiger partial charge in [-0.25, -0.2) is 0 Å². The molecule has 0 saturated carbocycles. The molecule has 2 saturated heterocycles. The van der Waals surface area contributed by atoms with Crippen LogP contribution >= 0.6 is 0 Å². The minimum Gasteiger partial charge on any atom is -0.378 e. The van der Waals surface area contributed by atoms with Crippen LogP contribution in [0.1, 0.15) is 26.2 Å². The molecule has 4 unspecified atom stereocenters. The molecular weight excluding hydrogens is 164 g/mol. The Morgan fingerprint density at radius 2 is 2.38 bits per heavy atom. The van der Waals surface area contributed by atoms with Crippen LogP contribution in [0, 0.1) is 5.41 Å². The number of ether oxygens (including phenoxy) is 2. The van der Waals surface area contributed by atoms with Crippen molar-refractivity contribution < 1.29 is 9.47 Å². The highest BCUT2D eigenvalue weighted by Crippen LogP contribution is 2.53. The van der Waals surface area contributed by atoms with Crippen LogP contribution in [0.4, 0.5) is 0 Å². The molecule has 0 aliphatic carbocycles. The van der Waals surface area contributed by atoms with Crippen molar-refractivity contribution in [3.63, 3.8) is 0 Å². The van der Waals surface area contributed by atoms with E-state index < -0.39 is 0 Å². The van der Waals surface area contributed by atoms with Gasteiger partial charge in [-0.3, -0.25) is 0 Å². The van der Waals surface area contributed by atoms with Crippen molar-refractivity contribution >= 4 is 0 Å². The van der Waals surface area contributed by atoms with Gasteiger partial charge in [-0.15, -0.1) is 0 Å². The maximum absolute atomic E-state index is 5.85. The van der Waals surface area contributed by atoms with Gasteiger partial charge in [0.15, 0.2) is 0 Å². The summed E-state index contributed by atoms with van der Waals surface area (Å²) in [6, 6.07) is 0. The zero-order chi connectivity index (χ0) is 8.89. The van der Waals surface area contributed by atoms with Gasteiger partial charge in [0.05, 0.1) is 18.3 Å². The Labute approximate surface area is 78.9 Å². The molecule has 2 nitrogen and oxygen atoms in total. The van der Waals surface area contributed by atoms with E-state index in [1.54, 1.807) is 0 Å². The van der Waals surface area contributed by atoms with Gasteiger partial charge in [0, 0.05) is 12.0 Å². The van der Waals surface area contributed by atoms with Gasteiger partial charge in [-0.1, -0.05) is 19.1 Å². The number of fused-ring (bicyclic) bond motifs is 3. The van der Waals surface area contributed by atoms with Crippen molar-refractivity contribution in [1.29, 1.82) is 0 Å². The molecule has 72 valence electrons. The average molecular weight is 180 g/mol. The van der Waals surface area contributed by atoms with Gasteiger partial charge >= 0.3 is 0 Å². The predicted octanol–water partition coefficient (Wildman–Crippen LogP) is 1.90. The molecule has 2 heteroatoms. The smallest absolute Gasteiger partial charge is 0.0847 e. The van der Waals surface area contributed by atoms with Crippen LogP contribution in [0.5, 0.6) is 0 Å². The van der Waals surface area contributed by atoms with Crippen LogP contribution < -0.4 is 0 Å². The Balaban J connectivity index is 1.92. The van der Waals surface area contributed by atoms with E-state index in [-0.39, 0.29) is 0 Å². The van der Waals surface area contributed by atoms with Gasteiger partial charge < -0.3 is 9.47 Å². The molecule has 0 amide bonds. The summed E-state index contributed by atoms with van der Waals surface area (Å²) >= 11 is 0. The minimum atomic E-state index is 0.341. The summed E-state index contributed by atoms with van der Waals surface area (Å²) in [5, 5.41) is 0. The quantitative estimate of drug-likeness (QED) is 0.574. The largest absolute Gasteiger partial charge is 0.378 e. The Kier molecular flexibility index (Phi) is 1.59. The average Bonchev–Trinajstić information content (AvgIpc) is 2.80. The lowest BCUT2D eigenvalue weighted by Crippen LogP contribution is -2.38. The van der Waals surface area contributed by atoms with Crippen molar-refractivity contribution in [3.8, 4) is 0 Å². The van der Waals surface area contributed by atoms with E-state index in [0.717, 1.165) is 13.0 Å². The van der Waals surface area contributed by atoms with Gasteiger partial charge in [0.25, 0.3) is 0 Å². The van der Waals surface area contributed by atoms with Crippen molar-refractivity contribution in [2.24, 2.45) is 5.41 Å². The highest BCUT2D eigenvalue weighted by molar-refractivity contribution is 5.19. The van der Waals surface area contributed by atoms with Crippen LogP contribution in [0.25, 0.3) is 0 Å². The molecule has 3 rings (SSSR count). The van der Waals surface area contributed by atoms with Gasteiger partial charge in [-0.2, -0.15) is 0 Å². The minimum absolute atomic E-state index is 0.341. The standard InChI is InChI=1S/C11H16O2/c1-2-9-11(5-6-12-9)7-8-3-4-10(11)13-8/h3-4,8-10H,2,5-7H2,1H3. The van der Waals surface area contributed by atoms with E-state index in [9.17, 15) is 0 Å². The van der Waals surface area contributed by atoms with E-state index in [0.29, 0.717) is 23.7 Å². The summed E-state index contributed by atoms with van der Waals surface area (Å²) in [4.78, 5) is 0. The third-order valence-corrected chi connectivity index (χ3v) is 3.87. The second kappa shape index (κ2) is 2.58. The molecule has 13 heavy (non-hydrogen) atoms. The first-order valence-corrected chi connectivity index (χ1v) is 5.30. The van der Waals surface area contributed by atoms with Crippen LogP contribution in [0.3, 0.4) is 0 Å². The Hall–Kier alpha value is -0.340. The van der Waals surface area contributed by atoms with Crippen molar-refractivity contribution in [3.05, 3.63) is 12.2 Å². The Morgan fingerprint density at radius 1 is 1.46 bits per heavy atom. The highest BCUT2D eigenvalue weighted by atomic mass is 16.5. The zero-order valence-corrected chi connectivity index (χ0v) is 8.03. The van der Waals surface area contributed by atoms with Crippen molar-refractivity contribution in [2.45, 2.75) is 44.5 Å². The molecular formula is C11H16O2. The summed E-state index contributed by atoms with van der Waals surface area (Å²) in [6.07, 6.45) is 9.13. The molecule has 3 aliphatic heterocycles. The molecule has 4 atom stereocenters. The maximum Gasteiger partial charge on any atom is 0.0847 e. The molecule has 0 aromatic rings. The Bertz CT molecular complexity index is 248. The molecule has 3 aliphatic rings. The maximum atomic E-state index is 5.85. The van der Waals surface area contributed by atoms with Crippen LogP contribution in [-0.2, 0) is 9.47 Å². The molecule has 0 N–H and O–H groups in total. The summed E-state index contributed by atoms with van der Waals surface area (Å²) in [5.41, 5.74) is 0.341. The Morgan fingerprint density at radius 3 is 3.00 bits per heavy atom.